The van der Waals surface area contributed by atoms with E-state index in [0.29, 0.717) is 30.1 Å². The maximum Gasteiger partial charge on any atom is 0.161 e. The lowest BCUT2D eigenvalue weighted by Crippen LogP contribution is -2.04. The van der Waals surface area contributed by atoms with Gasteiger partial charge in [0.2, 0.25) is 0 Å². The Morgan fingerprint density at radius 3 is 2.55 bits per heavy atom. The molecule has 4 nitrogen and oxygen atoms in total. The SMILES string of the molecule is COc1cc(Cc2c[nH]c3ncccc23)ccc1OCc1c(F)cc(F)cc1F. The van der Waals surface area contributed by atoms with Crippen LogP contribution in [0.1, 0.15) is 16.7 Å². The summed E-state index contributed by atoms with van der Waals surface area (Å²) in [6.45, 7) is -0.387. The number of ether oxygens (including phenoxy) is 2. The van der Waals surface area contributed by atoms with Crippen LogP contribution in [-0.4, -0.2) is 17.1 Å². The van der Waals surface area contributed by atoms with Crippen LogP contribution in [0.5, 0.6) is 11.5 Å². The van der Waals surface area contributed by atoms with Crippen molar-refractivity contribution in [2.24, 2.45) is 0 Å². The highest BCUT2D eigenvalue weighted by Crippen LogP contribution is 2.31. The van der Waals surface area contributed by atoms with E-state index in [-0.39, 0.29) is 12.2 Å². The Morgan fingerprint density at radius 2 is 1.79 bits per heavy atom. The van der Waals surface area contributed by atoms with Crippen LogP contribution in [0, 0.1) is 17.5 Å². The Labute approximate surface area is 164 Å². The van der Waals surface area contributed by atoms with Gasteiger partial charge in [-0.15, -0.1) is 0 Å². The molecule has 0 aliphatic carbocycles. The van der Waals surface area contributed by atoms with Crippen molar-refractivity contribution in [3.05, 3.63) is 89.0 Å². The van der Waals surface area contributed by atoms with Crippen molar-refractivity contribution in [1.29, 1.82) is 0 Å². The Hall–Kier alpha value is -3.48. The lowest BCUT2D eigenvalue weighted by Gasteiger charge is -2.13. The van der Waals surface area contributed by atoms with E-state index in [2.05, 4.69) is 9.97 Å². The molecule has 2 heterocycles. The van der Waals surface area contributed by atoms with Crippen LogP contribution in [0.15, 0.2) is 54.9 Å². The summed E-state index contributed by atoms with van der Waals surface area (Å²) in [5.74, 6) is -2.20. The number of hydrogen-bond acceptors (Lipinski definition) is 3. The first-order chi connectivity index (χ1) is 14.0. The average Bonchev–Trinajstić information content (AvgIpc) is 3.11. The van der Waals surface area contributed by atoms with Gasteiger partial charge in [0, 0.05) is 29.9 Å². The smallest absolute Gasteiger partial charge is 0.161 e. The van der Waals surface area contributed by atoms with E-state index in [4.69, 9.17) is 9.47 Å². The number of pyridine rings is 1. The molecule has 2 aromatic heterocycles. The van der Waals surface area contributed by atoms with Gasteiger partial charge in [-0.25, -0.2) is 18.2 Å². The van der Waals surface area contributed by atoms with Gasteiger partial charge in [-0.2, -0.15) is 0 Å². The van der Waals surface area contributed by atoms with Gasteiger partial charge in [-0.3, -0.25) is 0 Å². The molecule has 1 N–H and O–H groups in total. The van der Waals surface area contributed by atoms with Crippen LogP contribution < -0.4 is 9.47 Å². The van der Waals surface area contributed by atoms with Gasteiger partial charge in [0.1, 0.15) is 29.7 Å². The number of H-pyrrole nitrogens is 1. The molecule has 0 unspecified atom stereocenters. The minimum Gasteiger partial charge on any atom is -0.493 e. The molecular weight excluding hydrogens is 381 g/mol. The molecule has 29 heavy (non-hydrogen) atoms. The summed E-state index contributed by atoms with van der Waals surface area (Å²) in [4.78, 5) is 7.42. The zero-order chi connectivity index (χ0) is 20.4. The Balaban J connectivity index is 1.54. The fourth-order valence-corrected chi connectivity index (χ4v) is 3.18. The fraction of sp³-hybridized carbons (Fsp3) is 0.136. The maximum absolute atomic E-state index is 13.8. The van der Waals surface area contributed by atoms with Crippen LogP contribution >= 0.6 is 0 Å². The zero-order valence-corrected chi connectivity index (χ0v) is 15.5. The van der Waals surface area contributed by atoms with Crippen LogP contribution in [-0.2, 0) is 13.0 Å². The molecule has 4 rings (SSSR count). The minimum absolute atomic E-state index is 0.333. The summed E-state index contributed by atoms with van der Waals surface area (Å²) >= 11 is 0. The van der Waals surface area contributed by atoms with Crippen LogP contribution in [0.4, 0.5) is 13.2 Å². The summed E-state index contributed by atoms with van der Waals surface area (Å²) in [7, 11) is 1.49. The van der Waals surface area contributed by atoms with Crippen molar-refractivity contribution in [3.63, 3.8) is 0 Å². The van der Waals surface area contributed by atoms with E-state index in [1.54, 1.807) is 12.3 Å². The van der Waals surface area contributed by atoms with Crippen LogP contribution in [0.2, 0.25) is 0 Å². The fourth-order valence-electron chi connectivity index (χ4n) is 3.18. The number of halogens is 3. The third-order valence-electron chi connectivity index (χ3n) is 4.64. The second-order valence-corrected chi connectivity index (χ2v) is 6.51. The minimum atomic E-state index is -0.994. The molecule has 0 spiro atoms. The van der Waals surface area contributed by atoms with Crippen molar-refractivity contribution in [2.75, 3.05) is 7.11 Å². The number of methoxy groups -OCH3 is 1. The number of fused-ring (bicyclic) bond motifs is 1. The van der Waals surface area contributed by atoms with E-state index in [9.17, 15) is 13.2 Å². The van der Waals surface area contributed by atoms with E-state index < -0.39 is 17.5 Å². The van der Waals surface area contributed by atoms with Crippen molar-refractivity contribution in [3.8, 4) is 11.5 Å². The van der Waals surface area contributed by atoms with Crippen molar-refractivity contribution in [1.82, 2.24) is 9.97 Å². The standard InChI is InChI=1S/C22H17F3N2O2/c1-28-21-8-13(7-14-11-27-22-16(14)3-2-6-26-22)4-5-20(21)29-12-17-18(24)9-15(23)10-19(17)25/h2-6,8-11H,7,12H2,1H3,(H,26,27). The maximum atomic E-state index is 13.8. The summed E-state index contributed by atoms with van der Waals surface area (Å²) in [6, 6.07) is 10.5. The van der Waals surface area contributed by atoms with Crippen molar-refractivity contribution >= 4 is 11.0 Å². The van der Waals surface area contributed by atoms with Crippen LogP contribution in [0.25, 0.3) is 11.0 Å². The molecule has 0 atom stereocenters. The number of nitrogens with zero attached hydrogens (tertiary/aromatic N) is 1. The molecule has 148 valence electrons. The molecule has 0 fully saturated rings. The Bertz CT molecular complexity index is 1150. The number of aromatic nitrogens is 2. The molecule has 0 amide bonds. The van der Waals surface area contributed by atoms with Gasteiger partial charge >= 0.3 is 0 Å². The first-order valence-corrected chi connectivity index (χ1v) is 8.89. The van der Waals surface area contributed by atoms with Gasteiger partial charge in [0.15, 0.2) is 11.5 Å². The number of hydrogen-bond donors (Lipinski definition) is 1. The molecule has 0 aliphatic heterocycles. The van der Waals surface area contributed by atoms with E-state index in [1.165, 1.54) is 7.11 Å². The van der Waals surface area contributed by atoms with E-state index in [0.717, 1.165) is 22.2 Å². The predicted octanol–water partition coefficient (Wildman–Crippen LogP) is 5.16. The zero-order valence-electron chi connectivity index (χ0n) is 15.5. The van der Waals surface area contributed by atoms with E-state index >= 15 is 0 Å². The third-order valence-corrected chi connectivity index (χ3v) is 4.64. The highest BCUT2D eigenvalue weighted by atomic mass is 19.1. The average molecular weight is 398 g/mol. The monoisotopic (exact) mass is 398 g/mol. The van der Waals surface area contributed by atoms with Crippen molar-refractivity contribution in [2.45, 2.75) is 13.0 Å². The summed E-state index contributed by atoms with van der Waals surface area (Å²) < 4.78 is 51.5. The molecule has 0 aliphatic rings. The third kappa shape index (κ3) is 3.89. The van der Waals surface area contributed by atoms with Crippen LogP contribution in [0.3, 0.4) is 0 Å². The molecule has 0 saturated heterocycles. The molecule has 0 saturated carbocycles. The molecule has 0 radical (unpaired) electrons. The number of benzene rings is 2. The summed E-state index contributed by atoms with van der Waals surface area (Å²) in [5, 5.41) is 1.04. The van der Waals surface area contributed by atoms with Gasteiger partial charge < -0.3 is 14.5 Å². The second-order valence-electron chi connectivity index (χ2n) is 6.51. The van der Waals surface area contributed by atoms with E-state index in [1.807, 2.05) is 30.5 Å². The number of rotatable bonds is 6. The van der Waals surface area contributed by atoms with Crippen molar-refractivity contribution < 1.29 is 22.6 Å². The topological polar surface area (TPSA) is 47.1 Å². The second kappa shape index (κ2) is 7.87. The first kappa shape index (κ1) is 18.9. The highest BCUT2D eigenvalue weighted by molar-refractivity contribution is 5.79. The lowest BCUT2D eigenvalue weighted by atomic mass is 10.0. The molecule has 0 bridgehead atoms. The molecular formula is C22H17F3N2O2. The van der Waals surface area contributed by atoms with Gasteiger partial charge in [0.25, 0.3) is 0 Å². The molecule has 7 heteroatoms. The van der Waals surface area contributed by atoms with Gasteiger partial charge in [-0.05, 0) is 41.8 Å². The first-order valence-electron chi connectivity index (χ1n) is 8.89. The largest absolute Gasteiger partial charge is 0.493 e. The summed E-state index contributed by atoms with van der Waals surface area (Å²) in [5.41, 5.74) is 2.53. The Morgan fingerprint density at radius 1 is 1.00 bits per heavy atom. The predicted molar refractivity (Wildman–Crippen MR) is 103 cm³/mol. The molecule has 4 aromatic rings. The molecule has 2 aromatic carbocycles. The number of nitrogens with one attached hydrogen (secondary N) is 1. The lowest BCUT2D eigenvalue weighted by molar-refractivity contribution is 0.273. The summed E-state index contributed by atoms with van der Waals surface area (Å²) in [6.07, 6.45) is 4.28. The Kier molecular flexibility index (Phi) is 5.12. The van der Waals surface area contributed by atoms with Gasteiger partial charge in [0.05, 0.1) is 12.7 Å². The van der Waals surface area contributed by atoms with Gasteiger partial charge in [-0.1, -0.05) is 6.07 Å². The normalized spacial score (nSPS) is 11.0. The quantitative estimate of drug-likeness (QED) is 0.488. The number of aromatic amines is 1. The highest BCUT2D eigenvalue weighted by Gasteiger charge is 2.14.